The monoisotopic (exact) mass is 270 g/mol. The molecule has 1 N–H and O–H groups in total. The van der Waals surface area contributed by atoms with Crippen LogP contribution < -0.4 is 5.32 Å². The molecule has 0 amide bonds. The lowest BCUT2D eigenvalue weighted by Gasteiger charge is -2.16. The zero-order valence-electron chi connectivity index (χ0n) is 12.7. The highest BCUT2D eigenvalue weighted by Gasteiger charge is 2.06. The highest BCUT2D eigenvalue weighted by atomic mass is 14.9. The van der Waals surface area contributed by atoms with E-state index in [1.54, 1.807) is 0 Å². The quantitative estimate of drug-likeness (QED) is 0.772. The molecule has 0 bridgehead atoms. The molecule has 1 atom stereocenters. The minimum Gasteiger partial charge on any atom is -0.314 e. The predicted octanol–water partition coefficient (Wildman–Crippen LogP) is 4.34. The zero-order chi connectivity index (χ0) is 14.2. The summed E-state index contributed by atoms with van der Waals surface area (Å²) in [7, 11) is 0. The first-order chi connectivity index (χ1) is 9.83. The second kappa shape index (κ2) is 8.01. The summed E-state index contributed by atoms with van der Waals surface area (Å²) >= 11 is 0. The van der Waals surface area contributed by atoms with E-state index in [0.717, 1.165) is 18.5 Å². The van der Waals surface area contributed by atoms with Gasteiger partial charge in [0.2, 0.25) is 0 Å². The Bertz CT molecular complexity index is 516. The van der Waals surface area contributed by atoms with Crippen molar-refractivity contribution in [3.8, 4) is 0 Å². The Balaban J connectivity index is 1.88. The van der Waals surface area contributed by atoms with E-state index in [1.165, 1.54) is 36.8 Å². The van der Waals surface area contributed by atoms with Crippen molar-refractivity contribution in [1.82, 2.24) is 10.3 Å². The largest absolute Gasteiger partial charge is 0.314 e. The molecule has 108 valence electrons. The summed E-state index contributed by atoms with van der Waals surface area (Å²) in [5.74, 6) is 0. The van der Waals surface area contributed by atoms with Gasteiger partial charge in [0, 0.05) is 17.1 Å². The molecule has 2 rings (SSSR count). The van der Waals surface area contributed by atoms with Crippen molar-refractivity contribution < 1.29 is 0 Å². The molecule has 0 aliphatic carbocycles. The Morgan fingerprint density at radius 1 is 1.05 bits per heavy atom. The van der Waals surface area contributed by atoms with Gasteiger partial charge in [-0.05, 0) is 44.4 Å². The molecule has 1 unspecified atom stereocenters. The molecular formula is C18H26N2. The van der Waals surface area contributed by atoms with Gasteiger partial charge in [-0.1, -0.05) is 44.5 Å². The SMILES string of the molecule is CCCC(CCCc1ccc2ccccc2n1)NCC. The van der Waals surface area contributed by atoms with Crippen LogP contribution in [-0.4, -0.2) is 17.6 Å². The number of fused-ring (bicyclic) bond motifs is 1. The zero-order valence-corrected chi connectivity index (χ0v) is 12.7. The van der Waals surface area contributed by atoms with Gasteiger partial charge >= 0.3 is 0 Å². The Morgan fingerprint density at radius 3 is 2.70 bits per heavy atom. The fourth-order valence-electron chi connectivity index (χ4n) is 2.76. The highest BCUT2D eigenvalue weighted by molar-refractivity contribution is 5.78. The second-order valence-electron chi connectivity index (χ2n) is 5.43. The fourth-order valence-corrected chi connectivity index (χ4v) is 2.76. The molecule has 2 heteroatoms. The van der Waals surface area contributed by atoms with Gasteiger partial charge in [0.1, 0.15) is 0 Å². The number of nitrogens with zero attached hydrogens (tertiary/aromatic N) is 1. The molecule has 1 heterocycles. The van der Waals surface area contributed by atoms with Crippen molar-refractivity contribution >= 4 is 10.9 Å². The number of aromatic nitrogens is 1. The van der Waals surface area contributed by atoms with Crippen molar-refractivity contribution in [3.05, 3.63) is 42.1 Å². The molecule has 1 aromatic heterocycles. The van der Waals surface area contributed by atoms with Gasteiger partial charge in [-0.3, -0.25) is 4.98 Å². The van der Waals surface area contributed by atoms with Gasteiger partial charge in [-0.2, -0.15) is 0 Å². The molecule has 2 aromatic rings. The van der Waals surface area contributed by atoms with Crippen molar-refractivity contribution in [2.24, 2.45) is 0 Å². The van der Waals surface area contributed by atoms with Crippen LogP contribution in [0.5, 0.6) is 0 Å². The van der Waals surface area contributed by atoms with Crippen LogP contribution >= 0.6 is 0 Å². The molecule has 0 aliphatic rings. The number of rotatable bonds is 8. The summed E-state index contributed by atoms with van der Waals surface area (Å²) in [6.07, 6.45) is 6.07. The number of hydrogen-bond donors (Lipinski definition) is 1. The van der Waals surface area contributed by atoms with E-state index in [-0.39, 0.29) is 0 Å². The molecular weight excluding hydrogens is 244 g/mol. The van der Waals surface area contributed by atoms with Gasteiger partial charge in [-0.25, -0.2) is 0 Å². The van der Waals surface area contributed by atoms with Gasteiger partial charge in [-0.15, -0.1) is 0 Å². The van der Waals surface area contributed by atoms with Crippen LogP contribution in [0.4, 0.5) is 0 Å². The van der Waals surface area contributed by atoms with Gasteiger partial charge in [0.05, 0.1) is 5.52 Å². The van der Waals surface area contributed by atoms with E-state index < -0.39 is 0 Å². The number of hydrogen-bond acceptors (Lipinski definition) is 2. The Labute approximate surface area is 122 Å². The normalized spacial score (nSPS) is 12.7. The molecule has 1 aromatic carbocycles. The number of nitrogens with one attached hydrogen (secondary N) is 1. The summed E-state index contributed by atoms with van der Waals surface area (Å²) in [4.78, 5) is 4.74. The molecule has 2 nitrogen and oxygen atoms in total. The average molecular weight is 270 g/mol. The first-order valence-electron chi connectivity index (χ1n) is 7.91. The summed E-state index contributed by atoms with van der Waals surface area (Å²) in [5.41, 5.74) is 2.33. The summed E-state index contributed by atoms with van der Waals surface area (Å²) in [6.45, 7) is 5.52. The smallest absolute Gasteiger partial charge is 0.0705 e. The highest BCUT2D eigenvalue weighted by Crippen LogP contribution is 2.14. The van der Waals surface area contributed by atoms with Crippen LogP contribution in [0.2, 0.25) is 0 Å². The van der Waals surface area contributed by atoms with Crippen LogP contribution in [0.1, 0.15) is 45.2 Å². The summed E-state index contributed by atoms with van der Waals surface area (Å²) in [5, 5.41) is 4.81. The Kier molecular flexibility index (Phi) is 6.00. The maximum atomic E-state index is 4.74. The van der Waals surface area contributed by atoms with Crippen LogP contribution in [0.15, 0.2) is 36.4 Å². The maximum Gasteiger partial charge on any atom is 0.0705 e. The molecule has 0 fully saturated rings. The third kappa shape index (κ3) is 4.31. The van der Waals surface area contributed by atoms with Crippen molar-refractivity contribution in [1.29, 1.82) is 0 Å². The van der Waals surface area contributed by atoms with E-state index in [2.05, 4.69) is 55.6 Å². The molecule has 0 radical (unpaired) electrons. The second-order valence-corrected chi connectivity index (χ2v) is 5.43. The fraction of sp³-hybridized carbons (Fsp3) is 0.500. The predicted molar refractivity (Wildman–Crippen MR) is 87.1 cm³/mol. The molecule has 0 saturated carbocycles. The third-order valence-electron chi connectivity index (χ3n) is 3.77. The molecule has 20 heavy (non-hydrogen) atoms. The van der Waals surface area contributed by atoms with E-state index in [9.17, 15) is 0 Å². The topological polar surface area (TPSA) is 24.9 Å². The van der Waals surface area contributed by atoms with E-state index in [4.69, 9.17) is 4.98 Å². The van der Waals surface area contributed by atoms with Crippen molar-refractivity contribution in [2.75, 3.05) is 6.54 Å². The van der Waals surface area contributed by atoms with Crippen LogP contribution in [0, 0.1) is 0 Å². The lowest BCUT2D eigenvalue weighted by Crippen LogP contribution is -2.28. The van der Waals surface area contributed by atoms with E-state index in [0.29, 0.717) is 6.04 Å². The summed E-state index contributed by atoms with van der Waals surface area (Å²) in [6, 6.07) is 13.4. The van der Waals surface area contributed by atoms with Gasteiger partial charge in [0.15, 0.2) is 0 Å². The Morgan fingerprint density at radius 2 is 1.90 bits per heavy atom. The molecule has 0 saturated heterocycles. The number of pyridine rings is 1. The van der Waals surface area contributed by atoms with Crippen molar-refractivity contribution in [3.63, 3.8) is 0 Å². The average Bonchev–Trinajstić information content (AvgIpc) is 2.47. The van der Waals surface area contributed by atoms with Gasteiger partial charge < -0.3 is 5.32 Å². The maximum absolute atomic E-state index is 4.74. The molecule has 0 aliphatic heterocycles. The van der Waals surface area contributed by atoms with E-state index >= 15 is 0 Å². The minimum absolute atomic E-state index is 0.672. The lowest BCUT2D eigenvalue weighted by molar-refractivity contribution is 0.447. The van der Waals surface area contributed by atoms with Crippen LogP contribution in [-0.2, 0) is 6.42 Å². The first kappa shape index (κ1) is 15.0. The Hall–Kier alpha value is -1.41. The van der Waals surface area contributed by atoms with Crippen molar-refractivity contribution in [2.45, 2.75) is 52.0 Å². The first-order valence-corrected chi connectivity index (χ1v) is 7.91. The number of aryl methyl sites for hydroxylation is 1. The minimum atomic E-state index is 0.672. The molecule has 0 spiro atoms. The number of para-hydroxylation sites is 1. The number of benzene rings is 1. The van der Waals surface area contributed by atoms with Crippen LogP contribution in [0.3, 0.4) is 0 Å². The third-order valence-corrected chi connectivity index (χ3v) is 3.77. The lowest BCUT2D eigenvalue weighted by atomic mass is 10.0. The van der Waals surface area contributed by atoms with Crippen LogP contribution in [0.25, 0.3) is 10.9 Å². The standard InChI is InChI=1S/C18H26N2/c1-3-8-16(19-4-2)10-7-11-17-14-13-15-9-5-6-12-18(15)20-17/h5-6,9,12-14,16,19H,3-4,7-8,10-11H2,1-2H3. The van der Waals surface area contributed by atoms with E-state index in [1.807, 2.05) is 0 Å². The van der Waals surface area contributed by atoms with Gasteiger partial charge in [0.25, 0.3) is 0 Å². The summed E-state index contributed by atoms with van der Waals surface area (Å²) < 4.78 is 0.